The van der Waals surface area contributed by atoms with E-state index in [1.54, 1.807) is 34.2 Å². The van der Waals surface area contributed by atoms with Crippen molar-refractivity contribution in [3.8, 4) is 11.3 Å². The second-order valence-electron chi connectivity index (χ2n) is 8.15. The van der Waals surface area contributed by atoms with Gasteiger partial charge in [-0.2, -0.15) is 5.10 Å². The van der Waals surface area contributed by atoms with Crippen molar-refractivity contribution in [1.29, 1.82) is 0 Å². The third kappa shape index (κ3) is 4.44. The molecule has 1 N–H and O–H groups in total. The number of fused-ring (bicyclic) bond motifs is 1. The Hall–Kier alpha value is -3.23. The molecule has 1 unspecified atom stereocenters. The molecule has 9 nitrogen and oxygen atoms in total. The van der Waals surface area contributed by atoms with Crippen molar-refractivity contribution >= 4 is 17.6 Å². The van der Waals surface area contributed by atoms with Crippen molar-refractivity contribution in [2.24, 2.45) is 0 Å². The Kier molecular flexibility index (Phi) is 5.04. The lowest BCUT2D eigenvalue weighted by atomic mass is 10.1. The zero-order valence-corrected chi connectivity index (χ0v) is 16.9. The number of carbonyl (C=O) groups excluding carboxylic acids is 1. The Morgan fingerprint density at radius 2 is 2.14 bits per heavy atom. The summed E-state index contributed by atoms with van der Waals surface area (Å²) in [5.74, 6) is 0.661. The maximum absolute atomic E-state index is 12.4. The van der Waals surface area contributed by atoms with Crippen LogP contribution in [-0.2, 0) is 4.74 Å². The number of anilines is 1. The van der Waals surface area contributed by atoms with Crippen molar-refractivity contribution in [2.45, 2.75) is 45.3 Å². The summed E-state index contributed by atoms with van der Waals surface area (Å²) in [4.78, 5) is 27.5. The van der Waals surface area contributed by atoms with Crippen molar-refractivity contribution in [1.82, 2.24) is 29.5 Å². The minimum atomic E-state index is -0.500. The van der Waals surface area contributed by atoms with Crippen LogP contribution in [0.5, 0.6) is 0 Å². The van der Waals surface area contributed by atoms with Gasteiger partial charge in [0.25, 0.3) is 0 Å². The smallest absolute Gasteiger partial charge is 0.410 e. The number of rotatable bonds is 3. The molecule has 4 rings (SSSR count). The van der Waals surface area contributed by atoms with Crippen LogP contribution in [0.4, 0.5) is 10.6 Å². The SMILES string of the molecule is CC(C)(C)OC(=O)N1CCCC(Nc2cncc(-c3cnn4cccnc34)n2)C1. The zero-order chi connectivity index (χ0) is 20.4. The Bertz CT molecular complexity index is 1010. The van der Waals surface area contributed by atoms with Crippen LogP contribution in [0.1, 0.15) is 33.6 Å². The fraction of sp³-hybridized carbons (Fsp3) is 0.450. The van der Waals surface area contributed by atoms with Crippen LogP contribution in [0.2, 0.25) is 0 Å². The number of amides is 1. The summed E-state index contributed by atoms with van der Waals surface area (Å²) in [7, 11) is 0. The first-order valence-electron chi connectivity index (χ1n) is 9.74. The number of ether oxygens (including phenoxy) is 1. The van der Waals surface area contributed by atoms with Gasteiger partial charge in [0.15, 0.2) is 5.65 Å². The van der Waals surface area contributed by atoms with Gasteiger partial charge in [0.05, 0.1) is 29.8 Å². The maximum Gasteiger partial charge on any atom is 0.410 e. The molecule has 1 aliphatic rings. The van der Waals surface area contributed by atoms with Gasteiger partial charge in [0, 0.05) is 31.5 Å². The molecule has 1 saturated heterocycles. The molecule has 0 radical (unpaired) electrons. The molecule has 0 aromatic carbocycles. The Morgan fingerprint density at radius 1 is 1.28 bits per heavy atom. The predicted molar refractivity (Wildman–Crippen MR) is 108 cm³/mol. The molecule has 1 aliphatic heterocycles. The van der Waals surface area contributed by atoms with Gasteiger partial charge in [-0.15, -0.1) is 0 Å². The van der Waals surface area contributed by atoms with Gasteiger partial charge >= 0.3 is 6.09 Å². The normalized spacial score (nSPS) is 17.3. The first-order chi connectivity index (χ1) is 13.9. The molecule has 1 fully saturated rings. The molecule has 152 valence electrons. The topological polar surface area (TPSA) is 97.5 Å². The lowest BCUT2D eigenvalue weighted by Gasteiger charge is -2.34. The summed E-state index contributed by atoms with van der Waals surface area (Å²) in [5, 5.41) is 7.72. The number of carbonyl (C=O) groups is 1. The van der Waals surface area contributed by atoms with E-state index < -0.39 is 5.60 Å². The van der Waals surface area contributed by atoms with Crippen molar-refractivity contribution in [3.63, 3.8) is 0 Å². The monoisotopic (exact) mass is 395 g/mol. The van der Waals surface area contributed by atoms with Crippen LogP contribution in [0.25, 0.3) is 16.9 Å². The molecule has 9 heteroatoms. The number of nitrogens with one attached hydrogen (secondary N) is 1. The second kappa shape index (κ2) is 7.65. The Balaban J connectivity index is 1.47. The van der Waals surface area contributed by atoms with E-state index in [1.165, 1.54) is 0 Å². The van der Waals surface area contributed by atoms with E-state index in [1.807, 2.05) is 33.0 Å². The predicted octanol–water partition coefficient (Wildman–Crippen LogP) is 3.00. The lowest BCUT2D eigenvalue weighted by Crippen LogP contribution is -2.47. The summed E-state index contributed by atoms with van der Waals surface area (Å²) in [5.41, 5.74) is 1.75. The first kappa shape index (κ1) is 19.1. The standard InChI is InChI=1S/C20H25N7O2/c1-20(2,3)29-19(28)26-8-4-6-14(13-26)24-17-12-21-11-16(25-17)15-10-23-27-9-5-7-22-18(15)27/h5,7,9-12,14H,4,6,8,13H2,1-3H3,(H,24,25). The van der Waals surface area contributed by atoms with Crippen LogP contribution in [0.15, 0.2) is 37.1 Å². The van der Waals surface area contributed by atoms with Crippen molar-refractivity contribution in [2.75, 3.05) is 18.4 Å². The number of nitrogens with zero attached hydrogens (tertiary/aromatic N) is 6. The second-order valence-corrected chi connectivity index (χ2v) is 8.15. The molecule has 0 bridgehead atoms. The summed E-state index contributed by atoms with van der Waals surface area (Å²) >= 11 is 0. The Labute approximate surface area is 169 Å². The number of hydrogen-bond acceptors (Lipinski definition) is 7. The molecule has 3 aromatic rings. The average molecular weight is 395 g/mol. The lowest BCUT2D eigenvalue weighted by molar-refractivity contribution is 0.0206. The highest BCUT2D eigenvalue weighted by atomic mass is 16.6. The third-order valence-electron chi connectivity index (χ3n) is 4.61. The largest absolute Gasteiger partial charge is 0.444 e. The van der Waals surface area contributed by atoms with Gasteiger partial charge in [-0.05, 0) is 39.7 Å². The molecule has 1 atom stereocenters. The van der Waals surface area contributed by atoms with Crippen molar-refractivity contribution < 1.29 is 9.53 Å². The van der Waals surface area contributed by atoms with E-state index in [0.717, 1.165) is 24.1 Å². The van der Waals surface area contributed by atoms with E-state index in [2.05, 4.69) is 25.4 Å². The van der Waals surface area contributed by atoms with Gasteiger partial charge in [-0.1, -0.05) is 0 Å². The number of likely N-dealkylation sites (tertiary alicyclic amines) is 1. The summed E-state index contributed by atoms with van der Waals surface area (Å²) in [6.45, 7) is 6.90. The fourth-order valence-electron chi connectivity index (χ4n) is 3.37. The molecule has 0 spiro atoms. The van der Waals surface area contributed by atoms with Gasteiger partial charge in [0.1, 0.15) is 11.4 Å². The highest BCUT2D eigenvalue weighted by Gasteiger charge is 2.27. The van der Waals surface area contributed by atoms with Gasteiger partial charge < -0.3 is 15.0 Å². The van der Waals surface area contributed by atoms with E-state index in [0.29, 0.717) is 24.6 Å². The zero-order valence-electron chi connectivity index (χ0n) is 16.9. The number of hydrogen-bond donors (Lipinski definition) is 1. The Morgan fingerprint density at radius 3 is 2.97 bits per heavy atom. The average Bonchev–Trinajstić information content (AvgIpc) is 3.11. The molecule has 4 heterocycles. The van der Waals surface area contributed by atoms with E-state index >= 15 is 0 Å². The first-order valence-corrected chi connectivity index (χ1v) is 9.74. The number of aromatic nitrogens is 5. The number of piperidine rings is 1. The van der Waals surface area contributed by atoms with Crippen LogP contribution in [-0.4, -0.2) is 60.3 Å². The van der Waals surface area contributed by atoms with E-state index in [4.69, 9.17) is 4.74 Å². The fourth-order valence-corrected chi connectivity index (χ4v) is 3.37. The molecule has 1 amide bonds. The molecular weight excluding hydrogens is 370 g/mol. The summed E-state index contributed by atoms with van der Waals surface area (Å²) in [6, 6.07) is 1.91. The van der Waals surface area contributed by atoms with Gasteiger partial charge in [-0.25, -0.2) is 19.3 Å². The minimum absolute atomic E-state index is 0.0860. The molecular formula is C20H25N7O2. The van der Waals surface area contributed by atoms with Crippen LogP contribution < -0.4 is 5.32 Å². The summed E-state index contributed by atoms with van der Waals surface area (Å²) in [6.07, 6.45) is 10.3. The molecule has 0 aliphatic carbocycles. The van der Waals surface area contributed by atoms with Crippen molar-refractivity contribution in [3.05, 3.63) is 37.1 Å². The summed E-state index contributed by atoms with van der Waals surface area (Å²) < 4.78 is 7.21. The quantitative estimate of drug-likeness (QED) is 0.728. The van der Waals surface area contributed by atoms with E-state index in [-0.39, 0.29) is 12.1 Å². The highest BCUT2D eigenvalue weighted by molar-refractivity contribution is 5.74. The van der Waals surface area contributed by atoms with Crippen LogP contribution in [0.3, 0.4) is 0 Å². The van der Waals surface area contributed by atoms with Crippen LogP contribution in [0, 0.1) is 0 Å². The minimum Gasteiger partial charge on any atom is -0.444 e. The van der Waals surface area contributed by atoms with Gasteiger partial charge in [-0.3, -0.25) is 4.98 Å². The third-order valence-corrected chi connectivity index (χ3v) is 4.61. The van der Waals surface area contributed by atoms with E-state index in [9.17, 15) is 4.79 Å². The van der Waals surface area contributed by atoms with Crippen LogP contribution >= 0.6 is 0 Å². The molecule has 29 heavy (non-hydrogen) atoms. The molecule has 3 aromatic heterocycles. The molecule has 0 saturated carbocycles. The maximum atomic E-state index is 12.4. The highest BCUT2D eigenvalue weighted by Crippen LogP contribution is 2.23. The van der Waals surface area contributed by atoms with Gasteiger partial charge in [0.2, 0.25) is 0 Å².